The van der Waals surface area contributed by atoms with E-state index in [4.69, 9.17) is 0 Å². The monoisotopic (exact) mass is 310 g/mol. The molecule has 0 aliphatic carbocycles. The number of aromatic nitrogens is 4. The third kappa shape index (κ3) is 2.32. The van der Waals surface area contributed by atoms with Crippen LogP contribution in [-0.2, 0) is 0 Å². The van der Waals surface area contributed by atoms with Crippen LogP contribution in [0.4, 0.5) is 5.95 Å². The van der Waals surface area contributed by atoms with Gasteiger partial charge in [0.1, 0.15) is 5.69 Å². The summed E-state index contributed by atoms with van der Waals surface area (Å²) in [6, 6.07) is 1.82. The Bertz CT molecular complexity index is 719. The highest BCUT2D eigenvalue weighted by atomic mass is 16.2. The summed E-state index contributed by atoms with van der Waals surface area (Å²) in [5, 5.41) is 0. The number of aryl methyl sites for hydroxylation is 1. The summed E-state index contributed by atoms with van der Waals surface area (Å²) >= 11 is 0. The van der Waals surface area contributed by atoms with Gasteiger partial charge in [0.05, 0.1) is 17.4 Å². The van der Waals surface area contributed by atoms with Crippen molar-refractivity contribution in [2.24, 2.45) is 0 Å². The van der Waals surface area contributed by atoms with Crippen LogP contribution in [0.25, 0.3) is 0 Å². The maximum atomic E-state index is 12.6. The zero-order valence-electron chi connectivity index (χ0n) is 13.0. The molecule has 0 aromatic carbocycles. The first-order valence-corrected chi connectivity index (χ1v) is 7.81. The third-order valence-corrected chi connectivity index (χ3v) is 4.79. The van der Waals surface area contributed by atoms with Crippen molar-refractivity contribution in [3.8, 4) is 0 Å². The summed E-state index contributed by atoms with van der Waals surface area (Å²) in [7, 11) is 0. The van der Waals surface area contributed by atoms with Crippen LogP contribution in [0.1, 0.15) is 29.0 Å². The molecule has 2 aromatic heterocycles. The number of carbonyl (C=O) groups is 1. The Labute approximate surface area is 134 Å². The normalized spacial score (nSPS) is 23.2. The van der Waals surface area contributed by atoms with Crippen molar-refractivity contribution in [3.63, 3.8) is 0 Å². The van der Waals surface area contributed by atoms with Crippen LogP contribution in [0.5, 0.6) is 0 Å². The van der Waals surface area contributed by atoms with Gasteiger partial charge in [-0.25, -0.2) is 15.0 Å². The molecule has 0 N–H and O–H groups in total. The van der Waals surface area contributed by atoms with Crippen LogP contribution >= 0.6 is 0 Å². The summed E-state index contributed by atoms with van der Waals surface area (Å²) in [4.78, 5) is 33.8. The molecule has 4 heterocycles. The van der Waals surface area contributed by atoms with E-state index in [0.717, 1.165) is 37.6 Å². The second kappa shape index (κ2) is 5.26. The third-order valence-electron chi connectivity index (χ3n) is 4.79. The van der Waals surface area contributed by atoms with E-state index in [2.05, 4.69) is 24.8 Å². The molecular weight excluding hydrogens is 292 g/mol. The number of hydrogen-bond acceptors (Lipinski definition) is 6. The lowest BCUT2D eigenvalue weighted by Crippen LogP contribution is -2.62. The molecule has 1 unspecified atom stereocenters. The lowest BCUT2D eigenvalue weighted by atomic mass is 9.84. The molecule has 7 heteroatoms. The van der Waals surface area contributed by atoms with Gasteiger partial charge in [0.25, 0.3) is 5.91 Å². The Kier molecular flexibility index (Phi) is 3.21. The van der Waals surface area contributed by atoms with Gasteiger partial charge >= 0.3 is 0 Å². The van der Waals surface area contributed by atoms with E-state index in [1.165, 1.54) is 0 Å². The minimum absolute atomic E-state index is 0.0187. The van der Waals surface area contributed by atoms with E-state index in [9.17, 15) is 4.79 Å². The molecule has 2 saturated heterocycles. The minimum Gasteiger partial charge on any atom is -0.335 e. The van der Waals surface area contributed by atoms with Crippen molar-refractivity contribution in [2.45, 2.75) is 25.3 Å². The fraction of sp³-hybridized carbons (Fsp3) is 0.438. The van der Waals surface area contributed by atoms with Gasteiger partial charge in [-0.15, -0.1) is 0 Å². The van der Waals surface area contributed by atoms with Crippen molar-refractivity contribution >= 4 is 11.9 Å². The van der Waals surface area contributed by atoms with Crippen molar-refractivity contribution in [1.82, 2.24) is 24.8 Å². The Morgan fingerprint density at radius 3 is 2.52 bits per heavy atom. The number of carbonyl (C=O) groups excluding carboxylic acids is 1. The summed E-state index contributed by atoms with van der Waals surface area (Å²) in [6.07, 6.45) is 8.71. The Hall–Kier alpha value is -2.57. The van der Waals surface area contributed by atoms with Crippen LogP contribution in [0.15, 0.2) is 30.9 Å². The molecule has 1 spiro atoms. The maximum Gasteiger partial charge on any atom is 0.274 e. The molecule has 0 saturated carbocycles. The molecule has 2 aliphatic heterocycles. The standard InChI is InChI=1S/C16H18N6O/c1-12-9-20-13(10-19-12)14(23)21-7-3-16(11-21)4-8-22(16)15-17-5-2-6-18-15/h2,5-6,9-10H,3-4,7-8,11H2,1H3. The molecule has 118 valence electrons. The van der Waals surface area contributed by atoms with Crippen LogP contribution in [0.2, 0.25) is 0 Å². The number of rotatable bonds is 2. The first-order chi connectivity index (χ1) is 11.2. The zero-order valence-corrected chi connectivity index (χ0v) is 13.0. The van der Waals surface area contributed by atoms with Gasteiger partial charge in [-0.2, -0.15) is 0 Å². The van der Waals surface area contributed by atoms with Crippen LogP contribution in [0.3, 0.4) is 0 Å². The SMILES string of the molecule is Cc1cnc(C(=O)N2CCC3(CCN3c3ncccn3)C2)cn1. The van der Waals surface area contributed by atoms with Gasteiger partial charge in [0, 0.05) is 38.2 Å². The largest absolute Gasteiger partial charge is 0.335 e. The van der Waals surface area contributed by atoms with Gasteiger partial charge in [-0.1, -0.05) is 0 Å². The van der Waals surface area contributed by atoms with Gasteiger partial charge < -0.3 is 9.80 Å². The molecule has 2 fully saturated rings. The molecule has 2 aromatic rings. The minimum atomic E-state index is -0.0461. The number of amides is 1. The molecule has 4 rings (SSSR count). The average molecular weight is 310 g/mol. The molecule has 1 amide bonds. The Morgan fingerprint density at radius 1 is 1.09 bits per heavy atom. The summed E-state index contributed by atoms with van der Waals surface area (Å²) < 4.78 is 0. The fourth-order valence-corrected chi connectivity index (χ4v) is 3.40. The summed E-state index contributed by atoms with van der Waals surface area (Å²) in [5.74, 6) is 0.707. The summed E-state index contributed by atoms with van der Waals surface area (Å²) in [5.41, 5.74) is 1.20. The van der Waals surface area contributed by atoms with Crippen LogP contribution in [0, 0.1) is 6.92 Å². The Morgan fingerprint density at radius 2 is 1.87 bits per heavy atom. The second-order valence-electron chi connectivity index (χ2n) is 6.19. The molecule has 2 aliphatic rings. The second-order valence-corrected chi connectivity index (χ2v) is 6.19. The van der Waals surface area contributed by atoms with Crippen molar-refractivity contribution in [2.75, 3.05) is 24.5 Å². The molecule has 23 heavy (non-hydrogen) atoms. The smallest absolute Gasteiger partial charge is 0.274 e. The Balaban J connectivity index is 1.51. The summed E-state index contributed by atoms with van der Waals surface area (Å²) in [6.45, 7) is 4.23. The van der Waals surface area contributed by atoms with E-state index in [1.807, 2.05) is 17.9 Å². The highest BCUT2D eigenvalue weighted by molar-refractivity contribution is 5.92. The van der Waals surface area contributed by atoms with Crippen molar-refractivity contribution in [3.05, 3.63) is 42.2 Å². The van der Waals surface area contributed by atoms with E-state index >= 15 is 0 Å². The molecule has 7 nitrogen and oxygen atoms in total. The van der Waals surface area contributed by atoms with Crippen molar-refractivity contribution < 1.29 is 4.79 Å². The maximum absolute atomic E-state index is 12.6. The predicted molar refractivity (Wildman–Crippen MR) is 84.0 cm³/mol. The average Bonchev–Trinajstić information content (AvgIpc) is 3.03. The predicted octanol–water partition coefficient (Wildman–Crippen LogP) is 1.07. The van der Waals surface area contributed by atoms with Crippen LogP contribution in [-0.4, -0.2) is 55.9 Å². The lowest BCUT2D eigenvalue weighted by Gasteiger charge is -2.50. The lowest BCUT2D eigenvalue weighted by molar-refractivity contribution is 0.0769. The molecule has 0 bridgehead atoms. The van der Waals surface area contributed by atoms with E-state index in [1.54, 1.807) is 24.8 Å². The van der Waals surface area contributed by atoms with E-state index in [0.29, 0.717) is 12.2 Å². The first kappa shape index (κ1) is 14.0. The van der Waals surface area contributed by atoms with Gasteiger partial charge in [-0.3, -0.25) is 9.78 Å². The zero-order chi connectivity index (χ0) is 15.9. The van der Waals surface area contributed by atoms with Crippen LogP contribution < -0.4 is 4.90 Å². The van der Waals surface area contributed by atoms with Gasteiger partial charge in [-0.05, 0) is 25.8 Å². The van der Waals surface area contributed by atoms with Crippen molar-refractivity contribution in [1.29, 1.82) is 0 Å². The van der Waals surface area contributed by atoms with E-state index < -0.39 is 0 Å². The quantitative estimate of drug-likeness (QED) is 0.826. The fourth-order valence-electron chi connectivity index (χ4n) is 3.40. The molecule has 0 radical (unpaired) electrons. The van der Waals surface area contributed by atoms with E-state index in [-0.39, 0.29) is 11.4 Å². The highest BCUT2D eigenvalue weighted by Gasteiger charge is 2.51. The number of likely N-dealkylation sites (tertiary alicyclic amines) is 1. The topological polar surface area (TPSA) is 75.1 Å². The van der Waals surface area contributed by atoms with Gasteiger partial charge in [0.15, 0.2) is 0 Å². The molecule has 1 atom stereocenters. The number of anilines is 1. The molecular formula is C16H18N6O. The van der Waals surface area contributed by atoms with Gasteiger partial charge in [0.2, 0.25) is 5.95 Å². The number of nitrogens with zero attached hydrogens (tertiary/aromatic N) is 6. The highest BCUT2D eigenvalue weighted by Crippen LogP contribution is 2.41. The number of hydrogen-bond donors (Lipinski definition) is 0. The first-order valence-electron chi connectivity index (χ1n) is 7.81.